The van der Waals surface area contributed by atoms with Gasteiger partial charge in [-0.15, -0.1) is 0 Å². The van der Waals surface area contributed by atoms with Crippen LogP contribution in [0.4, 0.5) is 0 Å². The van der Waals surface area contributed by atoms with Crippen molar-refractivity contribution in [3.05, 3.63) is 41.5 Å². The van der Waals surface area contributed by atoms with Crippen LogP contribution < -0.4 is 9.47 Å². The summed E-state index contributed by atoms with van der Waals surface area (Å²) in [7, 11) is 2.62. The number of benzene rings is 2. The molecular formula is C17H16O7. The first kappa shape index (κ1) is 17.0. The third kappa shape index (κ3) is 3.19. The number of aromatic hydroxyl groups is 4. The molecule has 4 N–H and O–H groups in total. The van der Waals surface area contributed by atoms with Crippen molar-refractivity contribution in [3.8, 4) is 34.5 Å². The quantitative estimate of drug-likeness (QED) is 0.491. The average Bonchev–Trinajstić information content (AvgIpc) is 2.53. The fourth-order valence-corrected chi connectivity index (χ4v) is 2.13. The third-order valence-corrected chi connectivity index (χ3v) is 3.29. The topological polar surface area (TPSA) is 116 Å². The summed E-state index contributed by atoms with van der Waals surface area (Å²) in [5.41, 5.74) is 0.102. The Bertz CT molecular complexity index is 809. The van der Waals surface area contributed by atoms with Crippen molar-refractivity contribution < 1.29 is 34.7 Å². The van der Waals surface area contributed by atoms with E-state index in [1.165, 1.54) is 32.4 Å². The fourth-order valence-electron chi connectivity index (χ4n) is 2.13. The number of phenols is 4. The standard InChI is InChI=1S/C17H16O7/c1-23-14-6-4-9(7-11(14)19)3-5-10(18)15-12(20)8-13(21)17(24-2)16(15)22/h3-8,19-22H,1-2H3. The number of rotatable bonds is 5. The molecule has 0 heterocycles. The van der Waals surface area contributed by atoms with Crippen LogP contribution in [0.5, 0.6) is 34.5 Å². The van der Waals surface area contributed by atoms with E-state index in [0.717, 1.165) is 12.1 Å². The van der Waals surface area contributed by atoms with Crippen LogP contribution in [0.1, 0.15) is 15.9 Å². The zero-order valence-electron chi connectivity index (χ0n) is 13.0. The molecule has 0 atom stereocenters. The molecule has 0 aromatic heterocycles. The highest BCUT2D eigenvalue weighted by molar-refractivity contribution is 6.11. The first-order valence-electron chi connectivity index (χ1n) is 6.80. The molecule has 0 amide bonds. The minimum Gasteiger partial charge on any atom is -0.507 e. The molecule has 0 radical (unpaired) electrons. The van der Waals surface area contributed by atoms with Gasteiger partial charge in [0.05, 0.1) is 14.2 Å². The average molecular weight is 332 g/mol. The molecule has 2 aromatic rings. The molecule has 0 aliphatic heterocycles. The number of carbonyl (C=O) groups excluding carboxylic acids is 1. The van der Waals surface area contributed by atoms with Crippen molar-refractivity contribution in [2.75, 3.05) is 14.2 Å². The molecule has 0 spiro atoms. The van der Waals surface area contributed by atoms with Crippen LogP contribution in [0.15, 0.2) is 30.3 Å². The summed E-state index contributed by atoms with van der Waals surface area (Å²) in [6.45, 7) is 0. The first-order chi connectivity index (χ1) is 11.4. The Balaban J connectivity index is 2.35. The van der Waals surface area contributed by atoms with E-state index in [1.807, 2.05) is 0 Å². The van der Waals surface area contributed by atoms with E-state index in [-0.39, 0.29) is 17.2 Å². The van der Waals surface area contributed by atoms with Gasteiger partial charge in [0, 0.05) is 6.07 Å². The molecule has 126 valence electrons. The van der Waals surface area contributed by atoms with E-state index in [0.29, 0.717) is 5.56 Å². The van der Waals surface area contributed by atoms with Gasteiger partial charge >= 0.3 is 0 Å². The van der Waals surface area contributed by atoms with E-state index in [1.54, 1.807) is 6.07 Å². The van der Waals surface area contributed by atoms with Crippen molar-refractivity contribution >= 4 is 11.9 Å². The van der Waals surface area contributed by atoms with E-state index >= 15 is 0 Å². The lowest BCUT2D eigenvalue weighted by Gasteiger charge is -2.10. The van der Waals surface area contributed by atoms with Gasteiger partial charge in [0.25, 0.3) is 0 Å². The Hall–Kier alpha value is -3.35. The number of ether oxygens (including phenoxy) is 2. The second kappa shape index (κ2) is 6.82. The van der Waals surface area contributed by atoms with Crippen LogP contribution in [-0.4, -0.2) is 40.4 Å². The van der Waals surface area contributed by atoms with E-state index in [9.17, 15) is 25.2 Å². The predicted molar refractivity (Wildman–Crippen MR) is 86.0 cm³/mol. The van der Waals surface area contributed by atoms with E-state index < -0.39 is 28.6 Å². The molecule has 0 aliphatic carbocycles. The molecular weight excluding hydrogens is 316 g/mol. The Morgan fingerprint density at radius 1 is 0.958 bits per heavy atom. The number of carbonyl (C=O) groups is 1. The largest absolute Gasteiger partial charge is 0.507 e. The predicted octanol–water partition coefficient (Wildman–Crippen LogP) is 2.42. The Morgan fingerprint density at radius 2 is 1.67 bits per heavy atom. The number of hydrogen-bond donors (Lipinski definition) is 4. The fraction of sp³-hybridized carbons (Fsp3) is 0.118. The van der Waals surface area contributed by atoms with Gasteiger partial charge in [0.2, 0.25) is 5.75 Å². The molecule has 0 fully saturated rings. The van der Waals surface area contributed by atoms with Crippen LogP contribution >= 0.6 is 0 Å². The minimum atomic E-state index is -0.710. The molecule has 0 saturated heterocycles. The van der Waals surface area contributed by atoms with E-state index in [4.69, 9.17) is 9.47 Å². The number of ketones is 1. The maximum Gasteiger partial charge on any atom is 0.203 e. The number of hydrogen-bond acceptors (Lipinski definition) is 7. The SMILES string of the molecule is COc1ccc(C=CC(=O)c2c(O)cc(O)c(OC)c2O)cc1O. The van der Waals surface area contributed by atoms with Gasteiger partial charge in [-0.2, -0.15) is 0 Å². The van der Waals surface area contributed by atoms with Crippen LogP contribution in [0, 0.1) is 0 Å². The van der Waals surface area contributed by atoms with Crippen molar-refractivity contribution in [3.63, 3.8) is 0 Å². The van der Waals surface area contributed by atoms with Crippen molar-refractivity contribution in [2.45, 2.75) is 0 Å². The maximum atomic E-state index is 12.2. The lowest BCUT2D eigenvalue weighted by Crippen LogP contribution is -1.98. The minimum absolute atomic E-state index is 0.0934. The van der Waals surface area contributed by atoms with Gasteiger partial charge < -0.3 is 29.9 Å². The molecule has 2 rings (SSSR count). The summed E-state index contributed by atoms with van der Waals surface area (Å²) in [5.74, 6) is -2.57. The molecule has 24 heavy (non-hydrogen) atoms. The molecule has 0 unspecified atom stereocenters. The second-order valence-electron chi connectivity index (χ2n) is 4.80. The monoisotopic (exact) mass is 332 g/mol. The summed E-state index contributed by atoms with van der Waals surface area (Å²) in [5, 5.41) is 39.0. The van der Waals surface area contributed by atoms with E-state index in [2.05, 4.69) is 0 Å². The highest BCUT2D eigenvalue weighted by Crippen LogP contribution is 2.43. The molecule has 2 aromatic carbocycles. The van der Waals surface area contributed by atoms with Crippen LogP contribution in [0.3, 0.4) is 0 Å². The summed E-state index contributed by atoms with van der Waals surface area (Å²) < 4.78 is 9.71. The zero-order valence-corrected chi connectivity index (χ0v) is 13.0. The Morgan fingerprint density at radius 3 is 2.25 bits per heavy atom. The Kier molecular flexibility index (Phi) is 4.84. The third-order valence-electron chi connectivity index (χ3n) is 3.29. The normalized spacial score (nSPS) is 10.8. The molecule has 0 saturated carbocycles. The molecule has 0 bridgehead atoms. The lowest BCUT2D eigenvalue weighted by atomic mass is 10.1. The van der Waals surface area contributed by atoms with Gasteiger partial charge in [-0.1, -0.05) is 12.1 Å². The summed E-state index contributed by atoms with van der Waals surface area (Å²) in [4.78, 5) is 12.2. The highest BCUT2D eigenvalue weighted by atomic mass is 16.5. The van der Waals surface area contributed by atoms with Crippen LogP contribution in [0.25, 0.3) is 6.08 Å². The molecule has 7 heteroatoms. The Labute approximate surface area is 137 Å². The summed E-state index contributed by atoms with van der Waals surface area (Å²) >= 11 is 0. The number of allylic oxidation sites excluding steroid dienone is 1. The van der Waals surface area contributed by atoms with Crippen LogP contribution in [-0.2, 0) is 0 Å². The maximum absolute atomic E-state index is 12.2. The van der Waals surface area contributed by atoms with Gasteiger partial charge in [-0.05, 0) is 23.8 Å². The summed E-state index contributed by atoms with van der Waals surface area (Å²) in [6.07, 6.45) is 2.49. The van der Waals surface area contributed by atoms with Crippen LogP contribution in [0.2, 0.25) is 0 Å². The number of methoxy groups -OCH3 is 2. The molecule has 7 nitrogen and oxygen atoms in total. The smallest absolute Gasteiger partial charge is 0.203 e. The van der Waals surface area contributed by atoms with Crippen molar-refractivity contribution in [2.24, 2.45) is 0 Å². The number of phenolic OH excluding ortho intramolecular Hbond substituents is 4. The second-order valence-corrected chi connectivity index (χ2v) is 4.80. The van der Waals surface area contributed by atoms with Gasteiger partial charge in [-0.25, -0.2) is 0 Å². The van der Waals surface area contributed by atoms with Crippen molar-refractivity contribution in [1.82, 2.24) is 0 Å². The van der Waals surface area contributed by atoms with Gasteiger partial charge in [0.15, 0.2) is 28.8 Å². The van der Waals surface area contributed by atoms with Gasteiger partial charge in [0.1, 0.15) is 11.3 Å². The van der Waals surface area contributed by atoms with Crippen molar-refractivity contribution in [1.29, 1.82) is 0 Å². The molecule has 0 aliphatic rings. The van der Waals surface area contributed by atoms with Gasteiger partial charge in [-0.3, -0.25) is 4.79 Å². The lowest BCUT2D eigenvalue weighted by molar-refractivity contribution is 0.104. The first-order valence-corrected chi connectivity index (χ1v) is 6.80. The zero-order chi connectivity index (χ0) is 17.9. The summed E-state index contributed by atoms with van der Waals surface area (Å²) in [6, 6.07) is 5.43. The highest BCUT2D eigenvalue weighted by Gasteiger charge is 2.22.